The molecule has 1 amide bonds. The monoisotopic (exact) mass is 271 g/mol. The van der Waals surface area contributed by atoms with Crippen molar-refractivity contribution in [2.45, 2.75) is 39.7 Å². The van der Waals surface area contributed by atoms with Gasteiger partial charge in [-0.05, 0) is 18.6 Å². The highest BCUT2D eigenvalue weighted by atomic mass is 16.1. The summed E-state index contributed by atoms with van der Waals surface area (Å²) in [6.07, 6.45) is 0. The van der Waals surface area contributed by atoms with Crippen LogP contribution in [-0.4, -0.2) is 15.7 Å². The van der Waals surface area contributed by atoms with E-state index < -0.39 is 5.91 Å². The molecule has 2 N–H and O–H groups in total. The van der Waals surface area contributed by atoms with Gasteiger partial charge < -0.3 is 5.73 Å². The van der Waals surface area contributed by atoms with Gasteiger partial charge in [-0.3, -0.25) is 9.48 Å². The predicted molar refractivity (Wildman–Crippen MR) is 79.7 cm³/mol. The van der Waals surface area contributed by atoms with Crippen molar-refractivity contribution in [2.24, 2.45) is 5.73 Å². The van der Waals surface area contributed by atoms with Crippen LogP contribution in [0.3, 0.4) is 0 Å². The molecule has 0 aliphatic carbocycles. The zero-order valence-corrected chi connectivity index (χ0v) is 12.5. The molecule has 0 radical (unpaired) electrons. The molecule has 2 aromatic rings. The van der Waals surface area contributed by atoms with Crippen molar-refractivity contribution >= 4 is 5.91 Å². The standard InChI is InChI=1S/C16H21N3O/c1-11-6-5-7-12(8-11)10-19-13(15(17)20)9-14(18-19)16(2,3)4/h5-9H,10H2,1-4H3,(H2,17,20). The van der Waals surface area contributed by atoms with E-state index in [0.29, 0.717) is 12.2 Å². The number of primary amides is 1. The van der Waals surface area contributed by atoms with Crippen LogP contribution in [0, 0.1) is 6.92 Å². The second-order valence-electron chi connectivity index (χ2n) is 6.18. The number of hydrogen-bond acceptors (Lipinski definition) is 2. The first-order chi connectivity index (χ1) is 9.27. The van der Waals surface area contributed by atoms with Crippen molar-refractivity contribution in [3.8, 4) is 0 Å². The minimum atomic E-state index is -0.444. The van der Waals surface area contributed by atoms with Crippen molar-refractivity contribution in [3.63, 3.8) is 0 Å². The molecule has 0 aliphatic rings. The number of hydrogen-bond donors (Lipinski definition) is 1. The maximum atomic E-state index is 11.6. The van der Waals surface area contributed by atoms with E-state index in [1.165, 1.54) is 5.56 Å². The number of aromatic nitrogens is 2. The molecule has 1 heterocycles. The van der Waals surface area contributed by atoms with Crippen LogP contribution in [-0.2, 0) is 12.0 Å². The molecule has 0 unspecified atom stereocenters. The molecule has 0 saturated heterocycles. The summed E-state index contributed by atoms with van der Waals surface area (Å²) >= 11 is 0. The van der Waals surface area contributed by atoms with E-state index in [4.69, 9.17) is 5.73 Å². The third kappa shape index (κ3) is 3.07. The van der Waals surface area contributed by atoms with Crippen molar-refractivity contribution in [1.82, 2.24) is 9.78 Å². The van der Waals surface area contributed by atoms with Crippen LogP contribution in [0.4, 0.5) is 0 Å². The third-order valence-corrected chi connectivity index (χ3v) is 3.22. The highest BCUT2D eigenvalue weighted by Crippen LogP contribution is 2.22. The summed E-state index contributed by atoms with van der Waals surface area (Å²) in [5, 5.41) is 4.54. The van der Waals surface area contributed by atoms with Gasteiger partial charge in [0.05, 0.1) is 12.2 Å². The van der Waals surface area contributed by atoms with Crippen LogP contribution in [0.5, 0.6) is 0 Å². The van der Waals surface area contributed by atoms with Crippen molar-refractivity contribution in [2.75, 3.05) is 0 Å². The molecule has 0 aliphatic heterocycles. The first-order valence-electron chi connectivity index (χ1n) is 6.71. The minimum Gasteiger partial charge on any atom is -0.364 e. The maximum Gasteiger partial charge on any atom is 0.266 e. The fourth-order valence-corrected chi connectivity index (χ4v) is 2.09. The lowest BCUT2D eigenvalue weighted by Gasteiger charge is -2.14. The Morgan fingerprint density at radius 2 is 2.00 bits per heavy atom. The summed E-state index contributed by atoms with van der Waals surface area (Å²) in [7, 11) is 0. The Labute approximate surface area is 119 Å². The average Bonchev–Trinajstić information content (AvgIpc) is 2.72. The largest absolute Gasteiger partial charge is 0.364 e. The quantitative estimate of drug-likeness (QED) is 0.932. The van der Waals surface area contributed by atoms with E-state index in [9.17, 15) is 4.79 Å². The van der Waals surface area contributed by atoms with E-state index >= 15 is 0 Å². The van der Waals surface area contributed by atoms with E-state index in [0.717, 1.165) is 11.3 Å². The van der Waals surface area contributed by atoms with Gasteiger partial charge in [-0.2, -0.15) is 5.10 Å². The van der Waals surface area contributed by atoms with Crippen LogP contribution in [0.15, 0.2) is 30.3 Å². The topological polar surface area (TPSA) is 60.9 Å². The molecule has 0 atom stereocenters. The van der Waals surface area contributed by atoms with Crippen LogP contribution in [0.2, 0.25) is 0 Å². The zero-order chi connectivity index (χ0) is 14.9. The van der Waals surface area contributed by atoms with Gasteiger partial charge in [0.1, 0.15) is 5.69 Å². The Kier molecular flexibility index (Phi) is 3.66. The molecule has 0 spiro atoms. The molecule has 2 rings (SSSR count). The first kappa shape index (κ1) is 14.3. The lowest BCUT2D eigenvalue weighted by Crippen LogP contribution is -2.18. The van der Waals surface area contributed by atoms with Crippen LogP contribution in [0.25, 0.3) is 0 Å². The summed E-state index contributed by atoms with van der Waals surface area (Å²) < 4.78 is 1.69. The molecular formula is C16H21N3O. The SMILES string of the molecule is Cc1cccc(Cn2nc(C(C)(C)C)cc2C(N)=O)c1. The number of aryl methyl sites for hydroxylation is 1. The summed E-state index contributed by atoms with van der Waals surface area (Å²) in [5.41, 5.74) is 8.97. The Morgan fingerprint density at radius 1 is 1.30 bits per heavy atom. The van der Waals surface area contributed by atoms with Gasteiger partial charge in [0.2, 0.25) is 0 Å². The summed E-state index contributed by atoms with van der Waals surface area (Å²) in [6, 6.07) is 9.95. The molecule has 4 nitrogen and oxygen atoms in total. The molecule has 1 aromatic carbocycles. The summed E-state index contributed by atoms with van der Waals surface area (Å²) in [6.45, 7) is 8.80. The average molecular weight is 271 g/mol. The summed E-state index contributed by atoms with van der Waals surface area (Å²) in [5.74, 6) is -0.444. The third-order valence-electron chi connectivity index (χ3n) is 3.22. The van der Waals surface area contributed by atoms with Crippen LogP contribution >= 0.6 is 0 Å². The molecule has 4 heteroatoms. The number of carbonyl (C=O) groups is 1. The van der Waals surface area contributed by atoms with Crippen LogP contribution in [0.1, 0.15) is 48.1 Å². The highest BCUT2D eigenvalue weighted by Gasteiger charge is 2.21. The van der Waals surface area contributed by atoms with Crippen molar-refractivity contribution < 1.29 is 4.79 Å². The number of nitrogens with zero attached hydrogens (tertiary/aromatic N) is 2. The molecule has 0 saturated carbocycles. The number of amides is 1. The number of nitrogens with two attached hydrogens (primary N) is 1. The Hall–Kier alpha value is -2.10. The highest BCUT2D eigenvalue weighted by molar-refractivity contribution is 5.91. The van der Waals surface area contributed by atoms with E-state index in [2.05, 4.69) is 31.9 Å². The van der Waals surface area contributed by atoms with Crippen molar-refractivity contribution in [3.05, 3.63) is 52.8 Å². The smallest absolute Gasteiger partial charge is 0.266 e. The molecule has 1 aromatic heterocycles. The van der Waals surface area contributed by atoms with Gasteiger partial charge in [0.15, 0.2) is 0 Å². The number of rotatable bonds is 3. The Balaban J connectivity index is 2.40. The van der Waals surface area contributed by atoms with Gasteiger partial charge in [-0.15, -0.1) is 0 Å². The normalized spacial score (nSPS) is 11.6. The fraction of sp³-hybridized carbons (Fsp3) is 0.375. The van der Waals surface area contributed by atoms with E-state index in [1.807, 2.05) is 25.1 Å². The maximum absolute atomic E-state index is 11.6. The molecule has 20 heavy (non-hydrogen) atoms. The van der Waals surface area contributed by atoms with E-state index in [1.54, 1.807) is 10.7 Å². The van der Waals surface area contributed by atoms with Gasteiger partial charge in [-0.1, -0.05) is 50.6 Å². The molecule has 0 bridgehead atoms. The zero-order valence-electron chi connectivity index (χ0n) is 12.5. The molecular weight excluding hydrogens is 250 g/mol. The van der Waals surface area contributed by atoms with Gasteiger partial charge in [-0.25, -0.2) is 0 Å². The lowest BCUT2D eigenvalue weighted by atomic mass is 9.92. The van der Waals surface area contributed by atoms with Gasteiger partial charge >= 0.3 is 0 Å². The molecule has 0 fully saturated rings. The second-order valence-corrected chi connectivity index (χ2v) is 6.18. The van der Waals surface area contributed by atoms with E-state index in [-0.39, 0.29) is 5.41 Å². The minimum absolute atomic E-state index is 0.109. The van der Waals surface area contributed by atoms with Gasteiger partial charge in [0, 0.05) is 5.41 Å². The first-order valence-corrected chi connectivity index (χ1v) is 6.71. The number of carbonyl (C=O) groups excluding carboxylic acids is 1. The van der Waals surface area contributed by atoms with Crippen LogP contribution < -0.4 is 5.73 Å². The fourth-order valence-electron chi connectivity index (χ4n) is 2.09. The van der Waals surface area contributed by atoms with Gasteiger partial charge in [0.25, 0.3) is 5.91 Å². The lowest BCUT2D eigenvalue weighted by molar-refractivity contribution is 0.0990. The molecule has 106 valence electrons. The second kappa shape index (κ2) is 5.12. The number of benzene rings is 1. The Bertz CT molecular complexity index is 635. The Morgan fingerprint density at radius 3 is 2.55 bits per heavy atom. The van der Waals surface area contributed by atoms with Crippen molar-refractivity contribution in [1.29, 1.82) is 0 Å². The predicted octanol–water partition coefficient (Wildman–Crippen LogP) is 2.64. The summed E-state index contributed by atoms with van der Waals surface area (Å²) in [4.78, 5) is 11.6.